The summed E-state index contributed by atoms with van der Waals surface area (Å²) < 4.78 is 0. The molecule has 0 bridgehead atoms. The molecule has 4 rings (SSSR count). The van der Waals surface area contributed by atoms with E-state index < -0.39 is 0 Å². The highest BCUT2D eigenvalue weighted by molar-refractivity contribution is 5.69. The summed E-state index contributed by atoms with van der Waals surface area (Å²) in [5.41, 5.74) is 11.7. The number of nitrogens with zero attached hydrogens (tertiary/aromatic N) is 2. The first-order valence-electron chi connectivity index (χ1n) is 14.3. The fourth-order valence-electron chi connectivity index (χ4n) is 5.40. The van der Waals surface area contributed by atoms with Gasteiger partial charge in [0.2, 0.25) is 0 Å². The summed E-state index contributed by atoms with van der Waals surface area (Å²) in [7, 11) is 0. The Bertz CT molecular complexity index is 1330. The van der Waals surface area contributed by atoms with Crippen LogP contribution in [0.2, 0.25) is 0 Å². The maximum atomic E-state index is 9.01. The van der Waals surface area contributed by atoms with Crippen LogP contribution in [0.15, 0.2) is 84.9 Å². The Morgan fingerprint density at radius 1 is 0.462 bits per heavy atom. The van der Waals surface area contributed by atoms with Gasteiger partial charge in [-0.15, -0.1) is 0 Å². The van der Waals surface area contributed by atoms with Crippen LogP contribution in [-0.2, 0) is 12.8 Å². The third kappa shape index (κ3) is 7.92. The van der Waals surface area contributed by atoms with Gasteiger partial charge in [0.1, 0.15) is 0 Å². The lowest BCUT2D eigenvalue weighted by Gasteiger charge is -2.10. The maximum Gasteiger partial charge on any atom is 0.0991 e. The first-order chi connectivity index (χ1) is 19.1. The predicted molar refractivity (Wildman–Crippen MR) is 162 cm³/mol. The molecule has 4 aromatic rings. The molecule has 196 valence electrons. The minimum absolute atomic E-state index is 0.703. The van der Waals surface area contributed by atoms with Gasteiger partial charge in [-0.3, -0.25) is 0 Å². The zero-order valence-corrected chi connectivity index (χ0v) is 23.3. The van der Waals surface area contributed by atoms with Gasteiger partial charge < -0.3 is 0 Å². The molecule has 0 unspecified atom stereocenters. The standard InChI is InChI=1S/C37H38N2/c1-28-24-30(16-22-36(28)34-18-12-32(26-38)13-19-34)10-8-6-4-3-5-7-9-11-31-17-23-37(29(2)25-31)35-20-14-33(27-39)15-21-35/h12-25H,3-11H2,1-2H3. The molecule has 0 aliphatic carbocycles. The van der Waals surface area contributed by atoms with Crippen molar-refractivity contribution in [1.29, 1.82) is 10.5 Å². The highest BCUT2D eigenvalue weighted by Gasteiger charge is 2.05. The molecule has 4 aromatic carbocycles. The first kappa shape index (κ1) is 27.9. The quantitative estimate of drug-likeness (QED) is 0.178. The van der Waals surface area contributed by atoms with Crippen molar-refractivity contribution in [3.63, 3.8) is 0 Å². The van der Waals surface area contributed by atoms with Gasteiger partial charge in [0.25, 0.3) is 0 Å². The molecule has 0 aliphatic heterocycles. The summed E-state index contributed by atoms with van der Waals surface area (Å²) in [4.78, 5) is 0. The molecule has 0 aliphatic rings. The lowest BCUT2D eigenvalue weighted by atomic mass is 9.95. The molecule has 0 spiro atoms. The SMILES string of the molecule is Cc1cc(CCCCCCCCCc2ccc(-c3ccc(C#N)cc3)c(C)c2)ccc1-c1ccc(C#N)cc1. The third-order valence-electron chi connectivity index (χ3n) is 7.66. The van der Waals surface area contributed by atoms with Gasteiger partial charge in [0.05, 0.1) is 23.3 Å². The maximum absolute atomic E-state index is 9.01. The number of hydrogen-bond acceptors (Lipinski definition) is 2. The van der Waals surface area contributed by atoms with Gasteiger partial charge >= 0.3 is 0 Å². The summed E-state index contributed by atoms with van der Waals surface area (Å²) in [6.45, 7) is 4.37. The molecule has 0 aromatic heterocycles. The van der Waals surface area contributed by atoms with Gasteiger partial charge in [-0.05, 0) is 108 Å². The topological polar surface area (TPSA) is 47.6 Å². The van der Waals surface area contributed by atoms with Crippen molar-refractivity contribution in [3.05, 3.63) is 118 Å². The molecule has 39 heavy (non-hydrogen) atoms. The second-order valence-corrected chi connectivity index (χ2v) is 10.7. The fourth-order valence-corrected chi connectivity index (χ4v) is 5.40. The van der Waals surface area contributed by atoms with Crippen molar-refractivity contribution in [1.82, 2.24) is 0 Å². The summed E-state index contributed by atoms with van der Waals surface area (Å²) >= 11 is 0. The van der Waals surface area contributed by atoms with E-state index in [1.54, 1.807) is 0 Å². The Hall–Kier alpha value is -4.14. The van der Waals surface area contributed by atoms with Crippen LogP contribution < -0.4 is 0 Å². The van der Waals surface area contributed by atoms with Gasteiger partial charge in [-0.25, -0.2) is 0 Å². The number of nitriles is 2. The largest absolute Gasteiger partial charge is 0.192 e. The second kappa shape index (κ2) is 14.1. The monoisotopic (exact) mass is 510 g/mol. The lowest BCUT2D eigenvalue weighted by molar-refractivity contribution is 0.579. The Morgan fingerprint density at radius 3 is 1.15 bits per heavy atom. The molecule has 0 heterocycles. The lowest BCUT2D eigenvalue weighted by Crippen LogP contribution is -1.91. The minimum atomic E-state index is 0.703. The number of unbranched alkanes of at least 4 members (excludes halogenated alkanes) is 6. The molecule has 0 amide bonds. The molecule has 2 nitrogen and oxygen atoms in total. The first-order valence-corrected chi connectivity index (χ1v) is 14.3. The van der Waals surface area contributed by atoms with E-state index in [4.69, 9.17) is 10.5 Å². The third-order valence-corrected chi connectivity index (χ3v) is 7.66. The van der Waals surface area contributed by atoms with Crippen LogP contribution in [0.5, 0.6) is 0 Å². The summed E-state index contributed by atoms with van der Waals surface area (Å²) in [5, 5.41) is 18.0. The number of aryl methyl sites for hydroxylation is 4. The molecule has 0 saturated heterocycles. The Morgan fingerprint density at radius 2 is 0.821 bits per heavy atom. The summed E-state index contributed by atoms with van der Waals surface area (Å²) in [6.07, 6.45) is 11.4. The van der Waals surface area contributed by atoms with Crippen LogP contribution in [0.25, 0.3) is 22.3 Å². The second-order valence-electron chi connectivity index (χ2n) is 10.7. The summed E-state index contributed by atoms with van der Waals surface area (Å²) in [5.74, 6) is 0. The minimum Gasteiger partial charge on any atom is -0.192 e. The Labute approximate surface area is 234 Å². The highest BCUT2D eigenvalue weighted by Crippen LogP contribution is 2.27. The normalized spacial score (nSPS) is 10.7. The van der Waals surface area contributed by atoms with Gasteiger partial charge in [-0.1, -0.05) is 92.8 Å². The summed E-state index contributed by atoms with van der Waals surface area (Å²) in [6, 6.07) is 33.7. The fraction of sp³-hybridized carbons (Fsp3) is 0.297. The van der Waals surface area contributed by atoms with E-state index in [1.165, 1.54) is 89.5 Å². The zero-order chi connectivity index (χ0) is 27.5. The van der Waals surface area contributed by atoms with Crippen LogP contribution >= 0.6 is 0 Å². The average Bonchev–Trinajstić information content (AvgIpc) is 2.96. The van der Waals surface area contributed by atoms with E-state index in [9.17, 15) is 0 Å². The molecule has 2 heteroatoms. The van der Waals surface area contributed by atoms with Crippen LogP contribution in [0.3, 0.4) is 0 Å². The highest BCUT2D eigenvalue weighted by atomic mass is 14.2. The van der Waals surface area contributed by atoms with Crippen LogP contribution in [0.1, 0.15) is 78.3 Å². The van der Waals surface area contributed by atoms with Crippen molar-refractivity contribution in [2.75, 3.05) is 0 Å². The molecule has 0 fully saturated rings. The van der Waals surface area contributed by atoms with Gasteiger partial charge in [-0.2, -0.15) is 10.5 Å². The van der Waals surface area contributed by atoms with E-state index in [2.05, 4.69) is 62.4 Å². The van der Waals surface area contributed by atoms with Crippen molar-refractivity contribution >= 4 is 0 Å². The van der Waals surface area contributed by atoms with E-state index in [0.29, 0.717) is 11.1 Å². The average molecular weight is 511 g/mol. The number of rotatable bonds is 12. The van der Waals surface area contributed by atoms with Gasteiger partial charge in [0, 0.05) is 0 Å². The number of hydrogen-bond donors (Lipinski definition) is 0. The number of benzene rings is 4. The molecule has 0 atom stereocenters. The smallest absolute Gasteiger partial charge is 0.0991 e. The Balaban J connectivity index is 1.11. The zero-order valence-electron chi connectivity index (χ0n) is 23.3. The molecular formula is C37H38N2. The van der Waals surface area contributed by atoms with Crippen LogP contribution in [0, 0.1) is 36.5 Å². The molecule has 0 N–H and O–H groups in total. The van der Waals surface area contributed by atoms with E-state index in [0.717, 1.165) is 12.8 Å². The van der Waals surface area contributed by atoms with Crippen molar-refractivity contribution in [3.8, 4) is 34.4 Å². The molecule has 0 radical (unpaired) electrons. The van der Waals surface area contributed by atoms with E-state index in [-0.39, 0.29) is 0 Å². The van der Waals surface area contributed by atoms with Crippen molar-refractivity contribution in [2.45, 2.75) is 71.6 Å². The molecular weight excluding hydrogens is 472 g/mol. The van der Waals surface area contributed by atoms with Gasteiger partial charge in [0.15, 0.2) is 0 Å². The Kier molecular flexibility index (Phi) is 10.1. The van der Waals surface area contributed by atoms with Crippen LogP contribution in [0.4, 0.5) is 0 Å². The van der Waals surface area contributed by atoms with Crippen LogP contribution in [-0.4, -0.2) is 0 Å². The molecule has 0 saturated carbocycles. The van der Waals surface area contributed by atoms with Crippen molar-refractivity contribution in [2.24, 2.45) is 0 Å². The van der Waals surface area contributed by atoms with E-state index in [1.807, 2.05) is 48.5 Å². The van der Waals surface area contributed by atoms with Crippen molar-refractivity contribution < 1.29 is 0 Å². The van der Waals surface area contributed by atoms with E-state index >= 15 is 0 Å². The predicted octanol–water partition coefficient (Wildman–Crippen LogP) is 9.90.